The number of rotatable bonds is 5. The largest absolute Gasteiger partial charge is 0.387 e. The number of anilines is 1. The van der Waals surface area contributed by atoms with Crippen molar-refractivity contribution in [2.75, 3.05) is 37.6 Å². The number of halogens is 1. The van der Waals surface area contributed by atoms with Crippen molar-refractivity contribution < 1.29 is 14.4 Å². The van der Waals surface area contributed by atoms with Crippen LogP contribution in [-0.2, 0) is 0 Å². The minimum absolute atomic E-state index is 0.0791. The maximum Gasteiger partial charge on any atom is 0.269 e. The Hall–Kier alpha value is -2.51. The van der Waals surface area contributed by atoms with Crippen molar-refractivity contribution in [2.45, 2.75) is 6.10 Å². The number of nitro benzene ring substituents is 1. The van der Waals surface area contributed by atoms with E-state index in [0.717, 1.165) is 31.9 Å². The normalized spacial score (nSPS) is 16.6. The molecule has 7 heteroatoms. The van der Waals surface area contributed by atoms with Crippen LogP contribution in [0.2, 0.25) is 0 Å². The zero-order valence-corrected chi connectivity index (χ0v) is 13.7. The summed E-state index contributed by atoms with van der Waals surface area (Å²) in [4.78, 5) is 14.5. The highest BCUT2D eigenvalue weighted by molar-refractivity contribution is 5.51. The van der Waals surface area contributed by atoms with Gasteiger partial charge in [-0.15, -0.1) is 0 Å². The van der Waals surface area contributed by atoms with Crippen LogP contribution >= 0.6 is 0 Å². The third-order valence-corrected chi connectivity index (χ3v) is 4.49. The molecule has 1 atom stereocenters. The second kappa shape index (κ2) is 7.58. The van der Waals surface area contributed by atoms with Crippen molar-refractivity contribution in [3.8, 4) is 0 Å². The minimum Gasteiger partial charge on any atom is -0.387 e. The second-order valence-corrected chi connectivity index (χ2v) is 6.10. The number of nitro groups is 1. The zero-order valence-electron chi connectivity index (χ0n) is 13.7. The van der Waals surface area contributed by atoms with Crippen LogP contribution in [0.25, 0.3) is 0 Å². The maximum atomic E-state index is 13.7. The SMILES string of the molecule is O=[N+]([O-])c1ccc(N2CCN(CC(O)c3ccccc3F)CC2)cc1. The maximum absolute atomic E-state index is 13.7. The number of β-amino-alcohol motifs (C(OH)–C–C–N with tert-alkyl or cyclic N) is 1. The molecule has 1 fully saturated rings. The lowest BCUT2D eigenvalue weighted by Gasteiger charge is -2.37. The molecule has 0 bridgehead atoms. The van der Waals surface area contributed by atoms with Crippen LogP contribution in [0.1, 0.15) is 11.7 Å². The van der Waals surface area contributed by atoms with Crippen LogP contribution in [0.4, 0.5) is 15.8 Å². The molecule has 25 heavy (non-hydrogen) atoms. The molecule has 0 saturated carbocycles. The first-order chi connectivity index (χ1) is 12.0. The Labute approximate surface area is 145 Å². The lowest BCUT2D eigenvalue weighted by molar-refractivity contribution is -0.384. The standard InChI is InChI=1S/C18H20FN3O3/c19-17-4-2-1-3-16(17)18(23)13-20-9-11-21(12-10-20)14-5-7-15(8-6-14)22(24)25/h1-8,18,23H,9-13H2. The molecule has 3 rings (SSSR count). The molecular weight excluding hydrogens is 325 g/mol. The molecule has 0 amide bonds. The Morgan fingerprint density at radius 3 is 2.32 bits per heavy atom. The van der Waals surface area contributed by atoms with Gasteiger partial charge in [0.15, 0.2) is 0 Å². The summed E-state index contributed by atoms with van der Waals surface area (Å²) in [5, 5.41) is 21.0. The lowest BCUT2D eigenvalue weighted by atomic mass is 10.1. The van der Waals surface area contributed by atoms with E-state index >= 15 is 0 Å². The number of hydrogen-bond acceptors (Lipinski definition) is 5. The summed E-state index contributed by atoms with van der Waals surface area (Å²) in [6.45, 7) is 3.36. The smallest absolute Gasteiger partial charge is 0.269 e. The van der Waals surface area contributed by atoms with Crippen molar-refractivity contribution in [2.24, 2.45) is 0 Å². The Bertz CT molecular complexity index is 731. The van der Waals surface area contributed by atoms with E-state index in [1.165, 1.54) is 18.2 Å². The summed E-state index contributed by atoms with van der Waals surface area (Å²) < 4.78 is 13.7. The number of benzene rings is 2. The molecule has 2 aromatic carbocycles. The number of piperazine rings is 1. The van der Waals surface area contributed by atoms with Gasteiger partial charge in [0.25, 0.3) is 5.69 Å². The third-order valence-electron chi connectivity index (χ3n) is 4.49. The Morgan fingerprint density at radius 2 is 1.72 bits per heavy atom. The molecular formula is C18H20FN3O3. The molecule has 132 valence electrons. The van der Waals surface area contributed by atoms with E-state index < -0.39 is 11.0 Å². The number of aliphatic hydroxyl groups excluding tert-OH is 1. The van der Waals surface area contributed by atoms with Gasteiger partial charge in [-0.05, 0) is 18.2 Å². The van der Waals surface area contributed by atoms with Crippen LogP contribution in [0.3, 0.4) is 0 Å². The highest BCUT2D eigenvalue weighted by atomic mass is 19.1. The van der Waals surface area contributed by atoms with E-state index in [-0.39, 0.29) is 11.5 Å². The highest BCUT2D eigenvalue weighted by Gasteiger charge is 2.21. The van der Waals surface area contributed by atoms with E-state index in [1.54, 1.807) is 30.3 Å². The Balaban J connectivity index is 1.55. The predicted octanol–water partition coefficient (Wildman–Crippen LogP) is 2.59. The minimum atomic E-state index is -0.855. The molecule has 1 unspecified atom stereocenters. The summed E-state index contributed by atoms with van der Waals surface area (Å²) >= 11 is 0. The number of hydrogen-bond donors (Lipinski definition) is 1. The van der Waals surface area contributed by atoms with Gasteiger partial charge in [-0.25, -0.2) is 4.39 Å². The molecule has 0 radical (unpaired) electrons. The van der Waals surface area contributed by atoms with Gasteiger partial charge in [-0.2, -0.15) is 0 Å². The number of nitrogens with zero attached hydrogens (tertiary/aromatic N) is 3. The quantitative estimate of drug-likeness (QED) is 0.666. The molecule has 1 saturated heterocycles. The predicted molar refractivity (Wildman–Crippen MR) is 93.1 cm³/mol. The van der Waals surface area contributed by atoms with Gasteiger partial charge in [-0.1, -0.05) is 18.2 Å². The molecule has 1 aliphatic heterocycles. The lowest BCUT2D eigenvalue weighted by Crippen LogP contribution is -2.47. The van der Waals surface area contributed by atoms with Crippen molar-refractivity contribution in [3.63, 3.8) is 0 Å². The van der Waals surface area contributed by atoms with E-state index in [9.17, 15) is 19.6 Å². The second-order valence-electron chi connectivity index (χ2n) is 6.10. The summed E-state index contributed by atoms with van der Waals surface area (Å²) in [5.74, 6) is -0.389. The van der Waals surface area contributed by atoms with Crippen molar-refractivity contribution in [3.05, 3.63) is 70.0 Å². The fourth-order valence-electron chi connectivity index (χ4n) is 3.06. The Morgan fingerprint density at radius 1 is 1.08 bits per heavy atom. The van der Waals surface area contributed by atoms with Crippen LogP contribution in [0.5, 0.6) is 0 Å². The molecule has 6 nitrogen and oxygen atoms in total. The third kappa shape index (κ3) is 4.12. The number of non-ortho nitro benzene ring substituents is 1. The molecule has 0 aliphatic carbocycles. The number of aliphatic hydroxyl groups is 1. The average molecular weight is 345 g/mol. The van der Waals surface area contributed by atoms with E-state index in [2.05, 4.69) is 9.80 Å². The highest BCUT2D eigenvalue weighted by Crippen LogP contribution is 2.22. The van der Waals surface area contributed by atoms with E-state index in [4.69, 9.17) is 0 Å². The fourth-order valence-corrected chi connectivity index (χ4v) is 3.06. The summed E-state index contributed by atoms with van der Waals surface area (Å²) in [7, 11) is 0. The summed E-state index contributed by atoms with van der Waals surface area (Å²) in [6.07, 6.45) is -0.855. The van der Waals surface area contributed by atoms with Gasteiger partial charge >= 0.3 is 0 Å². The monoisotopic (exact) mass is 345 g/mol. The molecule has 1 N–H and O–H groups in total. The van der Waals surface area contributed by atoms with Crippen molar-refractivity contribution in [1.82, 2.24) is 4.90 Å². The van der Waals surface area contributed by atoms with Gasteiger partial charge in [0.2, 0.25) is 0 Å². The van der Waals surface area contributed by atoms with Crippen LogP contribution in [0, 0.1) is 15.9 Å². The first-order valence-electron chi connectivity index (χ1n) is 8.19. The first-order valence-corrected chi connectivity index (χ1v) is 8.19. The molecule has 1 aliphatic rings. The zero-order chi connectivity index (χ0) is 17.8. The van der Waals surface area contributed by atoms with Gasteiger partial charge in [0, 0.05) is 56.1 Å². The summed E-state index contributed by atoms with van der Waals surface area (Å²) in [5.41, 5.74) is 1.34. The first kappa shape index (κ1) is 17.3. The average Bonchev–Trinajstić information content (AvgIpc) is 2.63. The fraction of sp³-hybridized carbons (Fsp3) is 0.333. The summed E-state index contributed by atoms with van der Waals surface area (Å²) in [6, 6.07) is 12.8. The van der Waals surface area contributed by atoms with Gasteiger partial charge in [-0.3, -0.25) is 15.0 Å². The molecule has 0 spiro atoms. The van der Waals surface area contributed by atoms with Gasteiger partial charge in [0.1, 0.15) is 5.82 Å². The van der Waals surface area contributed by atoms with E-state index in [0.29, 0.717) is 12.1 Å². The van der Waals surface area contributed by atoms with Gasteiger partial charge in [0.05, 0.1) is 11.0 Å². The van der Waals surface area contributed by atoms with Crippen LogP contribution in [-0.4, -0.2) is 47.7 Å². The molecule has 0 aromatic heterocycles. The van der Waals surface area contributed by atoms with Crippen molar-refractivity contribution >= 4 is 11.4 Å². The van der Waals surface area contributed by atoms with Gasteiger partial charge < -0.3 is 10.0 Å². The molecule has 1 heterocycles. The van der Waals surface area contributed by atoms with E-state index in [1.807, 2.05) is 0 Å². The molecule has 2 aromatic rings. The Kier molecular flexibility index (Phi) is 5.25. The van der Waals surface area contributed by atoms with Crippen LogP contribution in [0.15, 0.2) is 48.5 Å². The van der Waals surface area contributed by atoms with Crippen molar-refractivity contribution in [1.29, 1.82) is 0 Å². The van der Waals surface area contributed by atoms with Crippen LogP contribution < -0.4 is 4.90 Å². The topological polar surface area (TPSA) is 69.9 Å².